The van der Waals surface area contributed by atoms with E-state index in [1.807, 2.05) is 0 Å². The number of aromatic nitrogens is 2. The third kappa shape index (κ3) is 3.40. The molecule has 0 aliphatic heterocycles. The van der Waals surface area contributed by atoms with Gasteiger partial charge in [-0.3, -0.25) is 10.1 Å². The number of benzene rings is 1. The van der Waals surface area contributed by atoms with Gasteiger partial charge in [-0.05, 0) is 0 Å². The van der Waals surface area contributed by atoms with E-state index in [0.29, 0.717) is 0 Å². The molecule has 1 aromatic carbocycles. The number of ether oxygens (including phenoxy) is 1. The molecule has 0 aliphatic carbocycles. The Labute approximate surface area is 128 Å². The first kappa shape index (κ1) is 15.0. The largest absolute Gasteiger partial charge is 0.431 e. The van der Waals surface area contributed by atoms with Crippen LogP contribution in [0.3, 0.4) is 0 Å². The maximum Gasteiger partial charge on any atom is 0.313 e. The number of rotatable bonds is 4. The Bertz CT molecular complexity index is 711. The fourth-order valence-corrected chi connectivity index (χ4v) is 1.74. The van der Waals surface area contributed by atoms with E-state index in [1.54, 1.807) is 0 Å². The van der Waals surface area contributed by atoms with Crippen LogP contribution in [0, 0.1) is 10.1 Å². The van der Waals surface area contributed by atoms with Crippen molar-refractivity contribution in [1.82, 2.24) is 9.97 Å². The van der Waals surface area contributed by atoms with Crippen molar-refractivity contribution in [1.29, 1.82) is 0 Å². The second-order valence-electron chi connectivity index (χ2n) is 3.69. The number of halogens is 2. The maximum atomic E-state index is 11.0. The van der Waals surface area contributed by atoms with Gasteiger partial charge in [0.25, 0.3) is 0 Å². The fourth-order valence-electron chi connectivity index (χ4n) is 1.42. The molecule has 2 aromatic rings. The highest BCUT2D eigenvalue weighted by molar-refractivity contribution is 6.42. The Kier molecular flexibility index (Phi) is 4.26. The first-order chi connectivity index (χ1) is 9.90. The van der Waals surface area contributed by atoms with Gasteiger partial charge in [-0.1, -0.05) is 23.2 Å². The second-order valence-corrected chi connectivity index (χ2v) is 4.50. The van der Waals surface area contributed by atoms with Crippen molar-refractivity contribution in [3.8, 4) is 11.6 Å². The minimum Gasteiger partial charge on any atom is -0.431 e. The van der Waals surface area contributed by atoms with Gasteiger partial charge in [0.1, 0.15) is 5.82 Å². The van der Waals surface area contributed by atoms with Gasteiger partial charge in [-0.25, -0.2) is 5.84 Å². The van der Waals surface area contributed by atoms with E-state index in [0.717, 1.165) is 6.07 Å². The van der Waals surface area contributed by atoms with Crippen LogP contribution in [0.15, 0.2) is 18.2 Å². The van der Waals surface area contributed by atoms with E-state index in [2.05, 4.69) is 15.4 Å². The lowest BCUT2D eigenvalue weighted by molar-refractivity contribution is -0.385. The van der Waals surface area contributed by atoms with Crippen molar-refractivity contribution >= 4 is 40.7 Å². The molecule has 0 spiro atoms. The Morgan fingerprint density at radius 1 is 1.24 bits per heavy atom. The van der Waals surface area contributed by atoms with Crippen LogP contribution in [0.1, 0.15) is 0 Å². The second kappa shape index (κ2) is 5.95. The molecule has 0 amide bonds. The summed E-state index contributed by atoms with van der Waals surface area (Å²) in [5.74, 6) is 5.08. The summed E-state index contributed by atoms with van der Waals surface area (Å²) in [5.41, 5.74) is 7.35. The first-order valence-electron chi connectivity index (χ1n) is 5.33. The molecule has 0 fully saturated rings. The Morgan fingerprint density at radius 2 is 1.90 bits per heavy atom. The number of nitro benzene ring substituents is 1. The van der Waals surface area contributed by atoms with Gasteiger partial charge < -0.3 is 15.9 Å². The van der Waals surface area contributed by atoms with Crippen LogP contribution < -0.4 is 21.7 Å². The highest BCUT2D eigenvalue weighted by Gasteiger charge is 2.20. The van der Waals surface area contributed by atoms with E-state index in [4.69, 9.17) is 39.5 Å². The fraction of sp³-hybridized carbons (Fsp3) is 0. The zero-order valence-corrected chi connectivity index (χ0v) is 11.7. The minimum absolute atomic E-state index is 0.0298. The molecule has 0 bridgehead atoms. The van der Waals surface area contributed by atoms with Gasteiger partial charge in [0.15, 0.2) is 0 Å². The lowest BCUT2D eigenvalue weighted by atomic mass is 10.3. The minimum atomic E-state index is -0.663. The summed E-state index contributed by atoms with van der Waals surface area (Å²) >= 11 is 11.6. The van der Waals surface area contributed by atoms with Crippen molar-refractivity contribution in [2.75, 3.05) is 11.2 Å². The molecule has 110 valence electrons. The monoisotopic (exact) mass is 330 g/mol. The number of hydrogen-bond donors (Lipinski definition) is 3. The lowest BCUT2D eigenvalue weighted by Crippen LogP contribution is -2.10. The van der Waals surface area contributed by atoms with Crippen LogP contribution in [-0.4, -0.2) is 14.9 Å². The number of nitro groups is 1. The van der Waals surface area contributed by atoms with E-state index >= 15 is 0 Å². The van der Waals surface area contributed by atoms with Gasteiger partial charge >= 0.3 is 5.69 Å². The molecular formula is C10H8Cl2N6O3. The number of hydrazine groups is 1. The number of anilines is 2. The van der Waals surface area contributed by atoms with E-state index in [9.17, 15) is 10.1 Å². The SMILES string of the molecule is NNc1cc(Oc2cc(Cl)c(Cl)cc2[N+](=O)[O-])nc(N)n1. The van der Waals surface area contributed by atoms with Crippen LogP contribution in [0.25, 0.3) is 0 Å². The normalized spacial score (nSPS) is 10.2. The van der Waals surface area contributed by atoms with E-state index in [-0.39, 0.29) is 39.1 Å². The number of nitrogens with two attached hydrogens (primary N) is 2. The third-order valence-corrected chi connectivity index (χ3v) is 3.00. The molecule has 2 rings (SSSR count). The highest BCUT2D eigenvalue weighted by atomic mass is 35.5. The average molecular weight is 331 g/mol. The highest BCUT2D eigenvalue weighted by Crippen LogP contribution is 2.37. The zero-order chi connectivity index (χ0) is 15.6. The summed E-state index contributed by atoms with van der Waals surface area (Å²) in [5, 5.41) is 11.1. The topological polar surface area (TPSA) is 142 Å². The van der Waals surface area contributed by atoms with E-state index in [1.165, 1.54) is 12.1 Å². The van der Waals surface area contributed by atoms with Gasteiger partial charge in [0, 0.05) is 18.2 Å². The maximum absolute atomic E-state index is 11.0. The van der Waals surface area contributed by atoms with Crippen molar-refractivity contribution in [3.05, 3.63) is 38.4 Å². The molecule has 0 unspecified atom stereocenters. The quantitative estimate of drug-likeness (QED) is 0.440. The van der Waals surface area contributed by atoms with Gasteiger partial charge in [0.2, 0.25) is 17.6 Å². The molecule has 0 saturated carbocycles. The summed E-state index contributed by atoms with van der Waals surface area (Å²) in [6.07, 6.45) is 0. The summed E-state index contributed by atoms with van der Waals surface area (Å²) in [6.45, 7) is 0. The van der Waals surface area contributed by atoms with Crippen molar-refractivity contribution < 1.29 is 9.66 Å². The zero-order valence-electron chi connectivity index (χ0n) is 10.2. The van der Waals surface area contributed by atoms with Gasteiger partial charge in [-0.15, -0.1) is 0 Å². The van der Waals surface area contributed by atoms with Gasteiger partial charge in [0.05, 0.1) is 15.0 Å². The molecule has 9 nitrogen and oxygen atoms in total. The molecule has 0 radical (unpaired) electrons. The molecule has 21 heavy (non-hydrogen) atoms. The molecule has 0 atom stereocenters. The van der Waals surface area contributed by atoms with Crippen molar-refractivity contribution in [2.45, 2.75) is 0 Å². The van der Waals surface area contributed by atoms with Crippen LogP contribution in [-0.2, 0) is 0 Å². The van der Waals surface area contributed by atoms with Crippen molar-refractivity contribution in [3.63, 3.8) is 0 Å². The standard InChI is InChI=1S/C10H8Cl2N6O3/c11-4-1-6(18(19)20)7(2-5(4)12)21-9-3-8(17-14)15-10(13)16-9/h1-3H,14H2,(H3,13,15,16,17). The summed E-state index contributed by atoms with van der Waals surface area (Å²) in [7, 11) is 0. The number of nitrogens with one attached hydrogen (secondary N) is 1. The predicted molar refractivity (Wildman–Crippen MR) is 77.4 cm³/mol. The molecule has 11 heteroatoms. The van der Waals surface area contributed by atoms with Crippen LogP contribution in [0.4, 0.5) is 17.5 Å². The van der Waals surface area contributed by atoms with Crippen LogP contribution in [0.2, 0.25) is 10.0 Å². The van der Waals surface area contributed by atoms with Crippen molar-refractivity contribution in [2.24, 2.45) is 5.84 Å². The Morgan fingerprint density at radius 3 is 2.52 bits per heavy atom. The smallest absolute Gasteiger partial charge is 0.313 e. The number of hydrogen-bond acceptors (Lipinski definition) is 8. The molecule has 1 aromatic heterocycles. The van der Waals surface area contributed by atoms with Gasteiger partial charge in [-0.2, -0.15) is 9.97 Å². The molecule has 0 saturated heterocycles. The van der Waals surface area contributed by atoms with Crippen LogP contribution >= 0.6 is 23.2 Å². The molecule has 0 aliphatic rings. The number of nitrogen functional groups attached to an aromatic ring is 2. The first-order valence-corrected chi connectivity index (χ1v) is 6.08. The predicted octanol–water partition coefficient (Wildman–Crippen LogP) is 2.35. The summed E-state index contributed by atoms with van der Waals surface area (Å²) in [4.78, 5) is 17.9. The average Bonchev–Trinajstić information content (AvgIpc) is 2.41. The molecule has 5 N–H and O–H groups in total. The molecular weight excluding hydrogens is 323 g/mol. The summed E-state index contributed by atoms with van der Waals surface area (Å²) < 4.78 is 5.32. The summed E-state index contributed by atoms with van der Waals surface area (Å²) in [6, 6.07) is 3.59. The number of nitrogens with zero attached hydrogens (tertiary/aromatic N) is 3. The third-order valence-electron chi connectivity index (χ3n) is 2.28. The van der Waals surface area contributed by atoms with E-state index < -0.39 is 4.92 Å². The lowest BCUT2D eigenvalue weighted by Gasteiger charge is -2.08. The molecule has 1 heterocycles. The Balaban J connectivity index is 2.46. The Hall–Kier alpha value is -2.36. The van der Waals surface area contributed by atoms with Crippen LogP contribution in [0.5, 0.6) is 11.6 Å².